The fraction of sp³-hybridized carbons (Fsp3) is 0.455. The van der Waals surface area contributed by atoms with Crippen LogP contribution in [0.3, 0.4) is 0 Å². The Kier molecular flexibility index (Phi) is 4.12. The van der Waals surface area contributed by atoms with E-state index in [0.29, 0.717) is 5.92 Å². The minimum Gasteiger partial charge on any atom is -0.0588 e. The molecule has 3 atom stereocenters. The zero-order chi connectivity index (χ0) is 15.9. The molecule has 0 bridgehead atoms. The van der Waals surface area contributed by atoms with Crippen LogP contribution in [0, 0.1) is 33.6 Å². The molecule has 0 aromatic heterocycles. The van der Waals surface area contributed by atoms with Crippen LogP contribution in [-0.2, 0) is 0 Å². The molecular weight excluding hydrogens is 264 g/mol. The molecule has 0 heterocycles. The Bertz CT molecular complexity index is 680. The molecular formula is C22H28. The van der Waals surface area contributed by atoms with Gasteiger partial charge in [-0.05, 0) is 91.7 Å². The van der Waals surface area contributed by atoms with Gasteiger partial charge in [0.2, 0.25) is 0 Å². The fourth-order valence-electron chi connectivity index (χ4n) is 3.57. The predicted octanol–water partition coefficient (Wildman–Crippen LogP) is 6.22. The summed E-state index contributed by atoms with van der Waals surface area (Å²) in [5.41, 5.74) is 8.73. The van der Waals surface area contributed by atoms with Crippen LogP contribution < -0.4 is 0 Å². The first-order valence-electron chi connectivity index (χ1n) is 8.60. The molecule has 0 aliphatic heterocycles. The van der Waals surface area contributed by atoms with Gasteiger partial charge < -0.3 is 0 Å². The van der Waals surface area contributed by atoms with Gasteiger partial charge in [-0.1, -0.05) is 43.3 Å². The summed E-state index contributed by atoms with van der Waals surface area (Å²) >= 11 is 0. The second-order valence-electron chi connectivity index (χ2n) is 7.43. The highest BCUT2D eigenvalue weighted by molar-refractivity contribution is 5.35. The standard InChI is InChI=1S/C22H28/c1-14-6-8-19(10-16(14)3)18(5)12-21-13-22(21)20-9-7-15(2)17(4)11-20/h6-11,18,21-22H,12-13H2,1-5H3. The van der Waals surface area contributed by atoms with E-state index in [9.17, 15) is 0 Å². The minimum absolute atomic E-state index is 0.667. The summed E-state index contributed by atoms with van der Waals surface area (Å²) in [6.45, 7) is 11.2. The summed E-state index contributed by atoms with van der Waals surface area (Å²) in [7, 11) is 0. The summed E-state index contributed by atoms with van der Waals surface area (Å²) in [5, 5.41) is 0. The van der Waals surface area contributed by atoms with Crippen LogP contribution in [0.2, 0.25) is 0 Å². The van der Waals surface area contributed by atoms with Gasteiger partial charge in [0.1, 0.15) is 0 Å². The summed E-state index contributed by atoms with van der Waals surface area (Å²) in [5.74, 6) is 2.34. The Morgan fingerprint density at radius 1 is 0.864 bits per heavy atom. The van der Waals surface area contributed by atoms with Crippen LogP contribution in [0.1, 0.15) is 65.0 Å². The Labute approximate surface area is 135 Å². The molecule has 2 aromatic carbocycles. The van der Waals surface area contributed by atoms with Crippen molar-refractivity contribution in [3.8, 4) is 0 Å². The molecule has 0 radical (unpaired) electrons. The SMILES string of the molecule is Cc1ccc(C(C)CC2CC2c2ccc(C)c(C)c2)cc1C. The molecule has 116 valence electrons. The largest absolute Gasteiger partial charge is 0.0588 e. The highest BCUT2D eigenvalue weighted by Gasteiger charge is 2.39. The average molecular weight is 292 g/mol. The van der Waals surface area contributed by atoms with Crippen LogP contribution in [0.5, 0.6) is 0 Å². The monoisotopic (exact) mass is 292 g/mol. The first-order valence-corrected chi connectivity index (χ1v) is 8.60. The lowest BCUT2D eigenvalue weighted by molar-refractivity contribution is 0.606. The first-order chi connectivity index (χ1) is 10.5. The van der Waals surface area contributed by atoms with Crippen LogP contribution in [-0.4, -0.2) is 0 Å². The van der Waals surface area contributed by atoms with Gasteiger partial charge in [-0.2, -0.15) is 0 Å². The molecule has 0 amide bonds. The molecule has 0 saturated heterocycles. The zero-order valence-electron chi connectivity index (χ0n) is 14.6. The van der Waals surface area contributed by atoms with Crippen LogP contribution in [0.4, 0.5) is 0 Å². The highest BCUT2D eigenvalue weighted by atomic mass is 14.4. The third kappa shape index (κ3) is 3.11. The third-order valence-electron chi connectivity index (χ3n) is 5.64. The molecule has 0 spiro atoms. The molecule has 1 aliphatic carbocycles. The molecule has 3 unspecified atom stereocenters. The van der Waals surface area contributed by atoms with Crippen LogP contribution >= 0.6 is 0 Å². The molecule has 2 aromatic rings. The van der Waals surface area contributed by atoms with Gasteiger partial charge >= 0.3 is 0 Å². The predicted molar refractivity (Wildman–Crippen MR) is 95.7 cm³/mol. The summed E-state index contributed by atoms with van der Waals surface area (Å²) < 4.78 is 0. The maximum atomic E-state index is 2.40. The number of hydrogen-bond donors (Lipinski definition) is 0. The number of aryl methyl sites for hydroxylation is 4. The Balaban J connectivity index is 1.65. The second-order valence-corrected chi connectivity index (χ2v) is 7.43. The van der Waals surface area contributed by atoms with E-state index >= 15 is 0 Å². The number of benzene rings is 2. The molecule has 0 nitrogen and oxygen atoms in total. The van der Waals surface area contributed by atoms with Gasteiger partial charge in [0.15, 0.2) is 0 Å². The van der Waals surface area contributed by atoms with Crippen molar-refractivity contribution in [2.45, 2.75) is 59.3 Å². The molecule has 1 fully saturated rings. The van der Waals surface area contributed by atoms with Gasteiger partial charge in [-0.3, -0.25) is 0 Å². The summed E-state index contributed by atoms with van der Waals surface area (Å²) in [6.07, 6.45) is 2.69. The lowest BCUT2D eigenvalue weighted by Crippen LogP contribution is -1.97. The Morgan fingerprint density at radius 2 is 1.50 bits per heavy atom. The van der Waals surface area contributed by atoms with E-state index in [-0.39, 0.29) is 0 Å². The fourth-order valence-corrected chi connectivity index (χ4v) is 3.57. The first kappa shape index (κ1) is 15.3. The molecule has 1 saturated carbocycles. The van der Waals surface area contributed by atoms with Crippen LogP contribution in [0.25, 0.3) is 0 Å². The van der Waals surface area contributed by atoms with Crippen molar-refractivity contribution in [1.82, 2.24) is 0 Å². The number of hydrogen-bond acceptors (Lipinski definition) is 0. The van der Waals surface area contributed by atoms with E-state index in [1.165, 1.54) is 40.7 Å². The normalized spacial score (nSPS) is 21.7. The van der Waals surface area contributed by atoms with Gasteiger partial charge in [-0.25, -0.2) is 0 Å². The van der Waals surface area contributed by atoms with Crippen molar-refractivity contribution in [2.75, 3.05) is 0 Å². The summed E-state index contributed by atoms with van der Waals surface area (Å²) in [4.78, 5) is 0. The smallest absolute Gasteiger partial charge is 0.0130 e. The second kappa shape index (κ2) is 5.91. The van der Waals surface area contributed by atoms with E-state index in [1.807, 2.05) is 0 Å². The van der Waals surface area contributed by atoms with Gasteiger partial charge in [-0.15, -0.1) is 0 Å². The van der Waals surface area contributed by atoms with Crippen molar-refractivity contribution < 1.29 is 0 Å². The van der Waals surface area contributed by atoms with Crippen LogP contribution in [0.15, 0.2) is 36.4 Å². The van der Waals surface area contributed by atoms with Gasteiger partial charge in [0, 0.05) is 0 Å². The molecule has 0 N–H and O–H groups in total. The lowest BCUT2D eigenvalue weighted by atomic mass is 9.91. The zero-order valence-corrected chi connectivity index (χ0v) is 14.6. The van der Waals surface area contributed by atoms with Crippen molar-refractivity contribution >= 4 is 0 Å². The maximum Gasteiger partial charge on any atom is -0.0130 e. The van der Waals surface area contributed by atoms with Crippen molar-refractivity contribution in [1.29, 1.82) is 0 Å². The van der Waals surface area contributed by atoms with Gasteiger partial charge in [0.25, 0.3) is 0 Å². The van der Waals surface area contributed by atoms with Gasteiger partial charge in [0.05, 0.1) is 0 Å². The molecule has 1 aliphatic rings. The van der Waals surface area contributed by atoms with E-state index in [2.05, 4.69) is 71.0 Å². The average Bonchev–Trinajstić information content (AvgIpc) is 3.24. The lowest BCUT2D eigenvalue weighted by Gasteiger charge is -2.14. The Morgan fingerprint density at radius 3 is 2.14 bits per heavy atom. The number of rotatable bonds is 4. The van der Waals surface area contributed by atoms with Crippen molar-refractivity contribution in [3.05, 3.63) is 69.8 Å². The van der Waals surface area contributed by atoms with Crippen molar-refractivity contribution in [3.63, 3.8) is 0 Å². The molecule has 3 rings (SSSR count). The molecule has 0 heteroatoms. The molecule has 22 heavy (non-hydrogen) atoms. The maximum absolute atomic E-state index is 2.40. The van der Waals surface area contributed by atoms with E-state index in [0.717, 1.165) is 11.8 Å². The Hall–Kier alpha value is -1.56. The van der Waals surface area contributed by atoms with E-state index in [1.54, 1.807) is 5.56 Å². The third-order valence-corrected chi connectivity index (χ3v) is 5.64. The van der Waals surface area contributed by atoms with E-state index < -0.39 is 0 Å². The highest BCUT2D eigenvalue weighted by Crippen LogP contribution is 2.52. The quantitative estimate of drug-likeness (QED) is 0.627. The summed E-state index contributed by atoms with van der Waals surface area (Å²) in [6, 6.07) is 14.0. The van der Waals surface area contributed by atoms with E-state index in [4.69, 9.17) is 0 Å². The minimum atomic E-state index is 0.667. The topological polar surface area (TPSA) is 0 Å². The van der Waals surface area contributed by atoms with Crippen molar-refractivity contribution in [2.24, 2.45) is 5.92 Å².